The molecule has 0 aliphatic heterocycles. The molecule has 0 aliphatic rings. The molecule has 0 radical (unpaired) electrons. The molecule has 0 bridgehead atoms. The lowest BCUT2D eigenvalue weighted by Gasteiger charge is -2.18. The van der Waals surface area contributed by atoms with Gasteiger partial charge in [-0.3, -0.25) is 0 Å². The Morgan fingerprint density at radius 2 is 2.00 bits per heavy atom. The Balaban J connectivity index is 2.46. The number of phenolic OH excluding ortho intramolecular Hbond substituents is 1. The van der Waals surface area contributed by atoms with E-state index in [0.29, 0.717) is 5.75 Å². The fourth-order valence-corrected chi connectivity index (χ4v) is 1.93. The molecule has 0 aliphatic carbocycles. The maximum absolute atomic E-state index is 9.78. The quantitative estimate of drug-likeness (QED) is 0.639. The largest absolute Gasteiger partial charge is 0.508 e. The number of aliphatic hydroxyl groups excluding tert-OH is 1. The van der Waals surface area contributed by atoms with Crippen molar-refractivity contribution in [1.29, 1.82) is 0 Å². The lowest BCUT2D eigenvalue weighted by molar-refractivity contribution is 0.181. The molecule has 2 atom stereocenters. The topological polar surface area (TPSA) is 52.5 Å². The van der Waals surface area contributed by atoms with Gasteiger partial charge in [0.1, 0.15) is 5.75 Å². The van der Waals surface area contributed by atoms with Crippen molar-refractivity contribution in [3.63, 3.8) is 0 Å². The Morgan fingerprint density at radius 3 is 2.59 bits per heavy atom. The molecule has 0 fully saturated rings. The first-order valence-electron chi connectivity index (χ1n) is 6.34. The van der Waals surface area contributed by atoms with Gasteiger partial charge in [-0.25, -0.2) is 0 Å². The lowest BCUT2D eigenvalue weighted by Crippen LogP contribution is -2.22. The highest BCUT2D eigenvalue weighted by Crippen LogP contribution is 2.25. The van der Waals surface area contributed by atoms with Crippen LogP contribution in [0, 0.1) is 0 Å². The maximum Gasteiger partial charge on any atom is 0.120 e. The zero-order valence-electron chi connectivity index (χ0n) is 10.7. The number of rotatable bonds is 7. The summed E-state index contributed by atoms with van der Waals surface area (Å²) in [6.45, 7) is 4.76. The molecule has 3 nitrogen and oxygen atoms in total. The van der Waals surface area contributed by atoms with Crippen molar-refractivity contribution in [3.05, 3.63) is 29.8 Å². The number of hydrogen-bond acceptors (Lipinski definition) is 3. The average molecular weight is 237 g/mol. The van der Waals surface area contributed by atoms with Crippen LogP contribution < -0.4 is 5.32 Å². The van der Waals surface area contributed by atoms with Crippen molar-refractivity contribution in [3.8, 4) is 5.75 Å². The van der Waals surface area contributed by atoms with Gasteiger partial charge < -0.3 is 15.5 Å². The predicted molar refractivity (Wildman–Crippen MR) is 70.1 cm³/mol. The summed E-state index contributed by atoms with van der Waals surface area (Å²) in [5, 5.41) is 22.4. The molecule has 1 aromatic rings. The van der Waals surface area contributed by atoms with Gasteiger partial charge in [-0.05, 0) is 38.8 Å². The molecule has 0 aromatic heterocycles. The maximum atomic E-state index is 9.78. The first-order chi connectivity index (χ1) is 8.15. The Kier molecular flexibility index (Phi) is 6.01. The highest BCUT2D eigenvalue weighted by molar-refractivity contribution is 5.34. The van der Waals surface area contributed by atoms with Gasteiger partial charge in [0.05, 0.1) is 6.10 Å². The van der Waals surface area contributed by atoms with E-state index in [2.05, 4.69) is 12.2 Å². The Bertz CT molecular complexity index is 326. The zero-order valence-corrected chi connectivity index (χ0v) is 10.7. The SMILES string of the molecule is CCC(NCCCC(C)O)c1ccccc1O. The Hall–Kier alpha value is -1.06. The van der Waals surface area contributed by atoms with E-state index in [1.165, 1.54) is 0 Å². The molecule has 96 valence electrons. The van der Waals surface area contributed by atoms with Crippen LogP contribution in [0.15, 0.2) is 24.3 Å². The number of phenols is 1. The molecule has 1 aromatic carbocycles. The molecule has 17 heavy (non-hydrogen) atoms. The minimum absolute atomic E-state index is 0.185. The molecule has 3 N–H and O–H groups in total. The molecule has 1 rings (SSSR count). The van der Waals surface area contributed by atoms with E-state index in [1.807, 2.05) is 18.2 Å². The molecular weight excluding hydrogens is 214 g/mol. The fourth-order valence-electron chi connectivity index (χ4n) is 1.93. The van der Waals surface area contributed by atoms with Gasteiger partial charge in [0.25, 0.3) is 0 Å². The monoisotopic (exact) mass is 237 g/mol. The second-order valence-electron chi connectivity index (χ2n) is 4.47. The summed E-state index contributed by atoms with van der Waals surface area (Å²) in [5.41, 5.74) is 0.951. The van der Waals surface area contributed by atoms with Gasteiger partial charge in [-0.2, -0.15) is 0 Å². The lowest BCUT2D eigenvalue weighted by atomic mass is 10.0. The predicted octanol–water partition coefficient (Wildman–Crippen LogP) is 2.59. The summed E-state index contributed by atoms with van der Waals surface area (Å²) in [5.74, 6) is 0.349. The van der Waals surface area contributed by atoms with Crippen LogP contribution >= 0.6 is 0 Å². The van der Waals surface area contributed by atoms with E-state index in [1.54, 1.807) is 13.0 Å². The minimum Gasteiger partial charge on any atom is -0.508 e. The van der Waals surface area contributed by atoms with E-state index in [9.17, 15) is 5.11 Å². The number of nitrogens with one attached hydrogen (secondary N) is 1. The van der Waals surface area contributed by atoms with Gasteiger partial charge in [-0.15, -0.1) is 0 Å². The number of para-hydroxylation sites is 1. The number of aliphatic hydroxyl groups is 1. The number of aromatic hydroxyl groups is 1. The molecule has 0 spiro atoms. The third-order valence-corrected chi connectivity index (χ3v) is 2.91. The van der Waals surface area contributed by atoms with Crippen LogP contribution in [0.4, 0.5) is 0 Å². The molecule has 0 amide bonds. The smallest absolute Gasteiger partial charge is 0.120 e. The van der Waals surface area contributed by atoms with Crippen LogP contribution in [0.2, 0.25) is 0 Å². The van der Waals surface area contributed by atoms with Crippen LogP contribution in [0.1, 0.15) is 44.7 Å². The van der Waals surface area contributed by atoms with Crippen molar-refractivity contribution in [2.75, 3.05) is 6.54 Å². The fraction of sp³-hybridized carbons (Fsp3) is 0.571. The Morgan fingerprint density at radius 1 is 1.29 bits per heavy atom. The van der Waals surface area contributed by atoms with Gasteiger partial charge in [0.15, 0.2) is 0 Å². The molecule has 0 saturated carbocycles. The van der Waals surface area contributed by atoms with Gasteiger partial charge in [0.2, 0.25) is 0 Å². The normalized spacial score (nSPS) is 14.5. The van der Waals surface area contributed by atoms with Crippen LogP contribution in [-0.4, -0.2) is 22.9 Å². The van der Waals surface area contributed by atoms with Gasteiger partial charge in [0, 0.05) is 11.6 Å². The second-order valence-corrected chi connectivity index (χ2v) is 4.47. The summed E-state index contributed by atoms with van der Waals surface area (Å²) in [6.07, 6.45) is 2.46. The van der Waals surface area contributed by atoms with Crippen molar-refractivity contribution in [2.45, 2.75) is 45.3 Å². The summed E-state index contributed by atoms with van der Waals surface area (Å²) in [6, 6.07) is 7.62. The standard InChI is InChI=1S/C14H23NO2/c1-3-13(15-10-6-7-11(2)16)12-8-4-5-9-14(12)17/h4-5,8-9,11,13,15-17H,3,6-7,10H2,1-2H3. The van der Waals surface area contributed by atoms with E-state index >= 15 is 0 Å². The van der Waals surface area contributed by atoms with Crippen LogP contribution in [0.25, 0.3) is 0 Å². The van der Waals surface area contributed by atoms with Crippen molar-refractivity contribution in [1.82, 2.24) is 5.32 Å². The summed E-state index contributed by atoms with van der Waals surface area (Å²) in [7, 11) is 0. The third-order valence-electron chi connectivity index (χ3n) is 2.91. The highest BCUT2D eigenvalue weighted by Gasteiger charge is 2.11. The van der Waals surface area contributed by atoms with Crippen molar-refractivity contribution in [2.24, 2.45) is 0 Å². The van der Waals surface area contributed by atoms with Crippen LogP contribution in [0.3, 0.4) is 0 Å². The first kappa shape index (κ1) is 14.0. The zero-order chi connectivity index (χ0) is 12.7. The minimum atomic E-state index is -0.234. The molecule has 0 saturated heterocycles. The van der Waals surface area contributed by atoms with E-state index < -0.39 is 0 Å². The van der Waals surface area contributed by atoms with Crippen molar-refractivity contribution >= 4 is 0 Å². The van der Waals surface area contributed by atoms with E-state index in [0.717, 1.165) is 31.4 Å². The van der Waals surface area contributed by atoms with Crippen LogP contribution in [0.5, 0.6) is 5.75 Å². The molecular formula is C14H23NO2. The second kappa shape index (κ2) is 7.30. The summed E-state index contributed by atoms with van der Waals surface area (Å²) < 4.78 is 0. The molecule has 3 heteroatoms. The third kappa shape index (κ3) is 4.75. The van der Waals surface area contributed by atoms with E-state index in [-0.39, 0.29) is 12.1 Å². The van der Waals surface area contributed by atoms with Crippen LogP contribution in [-0.2, 0) is 0 Å². The van der Waals surface area contributed by atoms with E-state index in [4.69, 9.17) is 5.11 Å². The number of hydrogen-bond donors (Lipinski definition) is 3. The number of benzene rings is 1. The molecule has 0 heterocycles. The first-order valence-corrected chi connectivity index (χ1v) is 6.34. The Labute approximate surface area is 103 Å². The summed E-state index contributed by atoms with van der Waals surface area (Å²) in [4.78, 5) is 0. The van der Waals surface area contributed by atoms with Gasteiger partial charge >= 0.3 is 0 Å². The molecule has 2 unspecified atom stereocenters. The highest BCUT2D eigenvalue weighted by atomic mass is 16.3. The average Bonchev–Trinajstić information content (AvgIpc) is 2.30. The van der Waals surface area contributed by atoms with Gasteiger partial charge in [-0.1, -0.05) is 25.1 Å². The van der Waals surface area contributed by atoms with Crippen molar-refractivity contribution < 1.29 is 10.2 Å². The summed E-state index contributed by atoms with van der Waals surface area (Å²) >= 11 is 0.